The summed E-state index contributed by atoms with van der Waals surface area (Å²) >= 11 is 1.60. The molecular weight excluding hydrogens is 336 g/mol. The largest absolute Gasteiger partial charge is 0.468 e. The second kappa shape index (κ2) is 7.35. The fraction of sp³-hybridized carbons (Fsp3) is 0.368. The van der Waals surface area contributed by atoms with Gasteiger partial charge in [0.2, 0.25) is 5.91 Å². The van der Waals surface area contributed by atoms with Crippen LogP contribution in [0.3, 0.4) is 0 Å². The lowest BCUT2D eigenvalue weighted by Crippen LogP contribution is -2.39. The summed E-state index contributed by atoms with van der Waals surface area (Å²) in [6.07, 6.45) is 3.47. The van der Waals surface area contributed by atoms with E-state index in [0.29, 0.717) is 11.7 Å². The second-order valence-corrected chi connectivity index (χ2v) is 7.23. The molecule has 1 aliphatic rings. The van der Waals surface area contributed by atoms with Gasteiger partial charge >= 0.3 is 0 Å². The van der Waals surface area contributed by atoms with E-state index >= 15 is 0 Å². The van der Waals surface area contributed by atoms with Crippen LogP contribution in [0.1, 0.15) is 30.4 Å². The van der Waals surface area contributed by atoms with Crippen molar-refractivity contribution in [2.75, 3.05) is 18.8 Å². The van der Waals surface area contributed by atoms with Crippen LogP contribution in [-0.2, 0) is 10.5 Å². The van der Waals surface area contributed by atoms with Crippen LogP contribution in [0.4, 0.5) is 0 Å². The molecule has 0 aliphatic carbocycles. The Kier molecular flexibility index (Phi) is 4.78. The van der Waals surface area contributed by atoms with Gasteiger partial charge in [0.05, 0.1) is 17.8 Å². The molecule has 0 unspecified atom stereocenters. The van der Waals surface area contributed by atoms with Crippen molar-refractivity contribution in [1.29, 1.82) is 0 Å². The Morgan fingerprint density at radius 2 is 2.04 bits per heavy atom. The minimum Gasteiger partial charge on any atom is -0.468 e. The quantitative estimate of drug-likeness (QED) is 0.690. The van der Waals surface area contributed by atoms with Crippen molar-refractivity contribution in [3.63, 3.8) is 0 Å². The van der Waals surface area contributed by atoms with Gasteiger partial charge in [-0.25, -0.2) is 4.98 Å². The fourth-order valence-corrected chi connectivity index (χ4v) is 3.99. The molecule has 4 rings (SSSR count). The molecule has 6 heteroatoms. The molecule has 0 atom stereocenters. The highest BCUT2D eigenvalue weighted by Gasteiger charge is 2.26. The summed E-state index contributed by atoms with van der Waals surface area (Å²) in [4.78, 5) is 18.9. The number of carbonyl (C=O) groups is 1. The first-order valence-electron chi connectivity index (χ1n) is 8.53. The molecule has 0 spiro atoms. The number of furan rings is 1. The number of piperidine rings is 1. The number of hydrogen-bond acceptors (Lipinski definition) is 5. The zero-order valence-electron chi connectivity index (χ0n) is 13.9. The summed E-state index contributed by atoms with van der Waals surface area (Å²) < 4.78 is 11.2. The van der Waals surface area contributed by atoms with Crippen LogP contribution in [0.2, 0.25) is 0 Å². The molecule has 0 saturated carbocycles. The Morgan fingerprint density at radius 1 is 1.20 bits per heavy atom. The molecule has 0 bridgehead atoms. The van der Waals surface area contributed by atoms with E-state index in [1.807, 2.05) is 41.3 Å². The summed E-state index contributed by atoms with van der Waals surface area (Å²) in [5, 5.41) is 0. The van der Waals surface area contributed by atoms with Crippen molar-refractivity contribution in [1.82, 2.24) is 9.88 Å². The SMILES string of the molecule is O=C(CSCc1ccco1)N1CCC(c2nc3ccccc3o2)CC1. The summed E-state index contributed by atoms with van der Waals surface area (Å²) in [7, 11) is 0. The Hall–Kier alpha value is -2.21. The number of hydrogen-bond donors (Lipinski definition) is 0. The third-order valence-electron chi connectivity index (χ3n) is 4.56. The second-order valence-electron chi connectivity index (χ2n) is 6.25. The van der Waals surface area contributed by atoms with Crippen LogP contribution in [0.25, 0.3) is 11.1 Å². The van der Waals surface area contributed by atoms with Gasteiger partial charge < -0.3 is 13.7 Å². The van der Waals surface area contributed by atoms with Gasteiger partial charge in [-0.05, 0) is 37.1 Å². The molecule has 0 radical (unpaired) electrons. The van der Waals surface area contributed by atoms with Crippen LogP contribution >= 0.6 is 11.8 Å². The smallest absolute Gasteiger partial charge is 0.232 e. The molecule has 1 aromatic carbocycles. The summed E-state index contributed by atoms with van der Waals surface area (Å²) in [6.45, 7) is 1.53. The maximum atomic E-state index is 12.3. The van der Waals surface area contributed by atoms with Crippen LogP contribution in [0.5, 0.6) is 0 Å². The van der Waals surface area contributed by atoms with E-state index in [1.54, 1.807) is 18.0 Å². The van der Waals surface area contributed by atoms with Crippen molar-refractivity contribution in [3.8, 4) is 0 Å². The lowest BCUT2D eigenvalue weighted by Gasteiger charge is -2.30. The van der Waals surface area contributed by atoms with E-state index in [9.17, 15) is 4.79 Å². The van der Waals surface area contributed by atoms with Gasteiger partial charge in [-0.2, -0.15) is 0 Å². The van der Waals surface area contributed by atoms with E-state index in [0.717, 1.165) is 54.4 Å². The summed E-state index contributed by atoms with van der Waals surface area (Å²) in [6, 6.07) is 11.6. The van der Waals surface area contributed by atoms with Gasteiger partial charge in [-0.15, -0.1) is 11.8 Å². The normalized spacial score (nSPS) is 15.8. The van der Waals surface area contributed by atoms with Crippen LogP contribution in [0.15, 0.2) is 51.5 Å². The van der Waals surface area contributed by atoms with E-state index in [2.05, 4.69) is 4.98 Å². The first kappa shape index (κ1) is 16.3. The molecule has 3 heterocycles. The molecule has 1 fully saturated rings. The molecule has 0 N–H and O–H groups in total. The number of fused-ring (bicyclic) bond motifs is 1. The fourth-order valence-electron chi connectivity index (χ4n) is 3.17. The molecule has 1 amide bonds. The number of aromatic nitrogens is 1. The zero-order valence-corrected chi connectivity index (χ0v) is 14.7. The average molecular weight is 356 g/mol. The Bertz CT molecular complexity index is 802. The summed E-state index contributed by atoms with van der Waals surface area (Å²) in [5.74, 6) is 3.44. The maximum absolute atomic E-state index is 12.3. The van der Waals surface area contributed by atoms with Crippen LogP contribution in [0, 0.1) is 0 Å². The number of oxazole rings is 1. The van der Waals surface area contributed by atoms with Gasteiger partial charge in [0.1, 0.15) is 11.3 Å². The van der Waals surface area contributed by atoms with Crippen LogP contribution in [-0.4, -0.2) is 34.6 Å². The third kappa shape index (κ3) is 3.74. The van der Waals surface area contributed by atoms with Gasteiger partial charge in [0, 0.05) is 19.0 Å². The van der Waals surface area contributed by atoms with Crippen molar-refractivity contribution < 1.29 is 13.6 Å². The van der Waals surface area contributed by atoms with E-state index in [4.69, 9.17) is 8.83 Å². The number of carbonyl (C=O) groups excluding carboxylic acids is 1. The molecule has 1 aliphatic heterocycles. The van der Waals surface area contributed by atoms with E-state index in [1.165, 1.54) is 0 Å². The average Bonchev–Trinajstić information content (AvgIpc) is 3.31. The molecule has 25 heavy (non-hydrogen) atoms. The lowest BCUT2D eigenvalue weighted by molar-refractivity contribution is -0.129. The van der Waals surface area contributed by atoms with Gasteiger partial charge in [0.25, 0.3) is 0 Å². The topological polar surface area (TPSA) is 59.5 Å². The molecule has 130 valence electrons. The first-order chi connectivity index (χ1) is 12.3. The third-order valence-corrected chi connectivity index (χ3v) is 5.50. The van der Waals surface area contributed by atoms with Gasteiger partial charge in [-0.1, -0.05) is 12.1 Å². The predicted molar refractivity (Wildman–Crippen MR) is 97.4 cm³/mol. The highest BCUT2D eigenvalue weighted by molar-refractivity contribution is 7.99. The van der Waals surface area contributed by atoms with E-state index in [-0.39, 0.29) is 5.91 Å². The van der Waals surface area contributed by atoms with Crippen molar-refractivity contribution >= 4 is 28.8 Å². The van der Waals surface area contributed by atoms with Crippen molar-refractivity contribution in [2.24, 2.45) is 0 Å². The Labute approximate surface area is 150 Å². The predicted octanol–water partition coefficient (Wildman–Crippen LogP) is 4.06. The molecule has 3 aromatic rings. The number of likely N-dealkylation sites (tertiary alicyclic amines) is 1. The molecule has 2 aromatic heterocycles. The number of amides is 1. The van der Waals surface area contributed by atoms with Gasteiger partial charge in [-0.3, -0.25) is 4.79 Å². The highest BCUT2D eigenvalue weighted by atomic mass is 32.2. The first-order valence-corrected chi connectivity index (χ1v) is 9.68. The minimum atomic E-state index is 0.201. The minimum absolute atomic E-state index is 0.201. The monoisotopic (exact) mass is 356 g/mol. The Morgan fingerprint density at radius 3 is 2.80 bits per heavy atom. The molecular formula is C19H20N2O3S. The van der Waals surface area contributed by atoms with Crippen LogP contribution < -0.4 is 0 Å². The van der Waals surface area contributed by atoms with Gasteiger partial charge in [0.15, 0.2) is 11.5 Å². The number of thioether (sulfide) groups is 1. The Balaban J connectivity index is 1.28. The van der Waals surface area contributed by atoms with E-state index < -0.39 is 0 Å². The van der Waals surface area contributed by atoms with Crippen molar-refractivity contribution in [2.45, 2.75) is 24.5 Å². The number of nitrogens with zero attached hydrogens (tertiary/aromatic N) is 2. The number of para-hydroxylation sites is 2. The maximum Gasteiger partial charge on any atom is 0.232 e. The highest BCUT2D eigenvalue weighted by Crippen LogP contribution is 2.30. The molecule has 1 saturated heterocycles. The standard InChI is InChI=1S/C19H20N2O3S/c22-18(13-25-12-15-4-3-11-23-15)21-9-7-14(8-10-21)19-20-16-5-1-2-6-17(16)24-19/h1-6,11,14H,7-10,12-13H2. The summed E-state index contributed by atoms with van der Waals surface area (Å²) in [5.41, 5.74) is 1.75. The number of benzene rings is 1. The zero-order chi connectivity index (χ0) is 17.1. The lowest BCUT2D eigenvalue weighted by atomic mass is 9.97. The van der Waals surface area contributed by atoms with Crippen molar-refractivity contribution in [3.05, 3.63) is 54.3 Å². The molecule has 5 nitrogen and oxygen atoms in total. The number of rotatable bonds is 5.